The van der Waals surface area contributed by atoms with Crippen molar-refractivity contribution in [3.05, 3.63) is 54.4 Å². The van der Waals surface area contributed by atoms with Gasteiger partial charge in [0.05, 0.1) is 0 Å². The number of nitrogens with one attached hydrogen (secondary N) is 2. The van der Waals surface area contributed by atoms with E-state index in [4.69, 9.17) is 15.2 Å². The van der Waals surface area contributed by atoms with Crippen molar-refractivity contribution in [1.29, 1.82) is 0 Å². The van der Waals surface area contributed by atoms with Crippen LogP contribution in [-0.4, -0.2) is 43.2 Å². The number of pyridine rings is 1. The summed E-state index contributed by atoms with van der Waals surface area (Å²) in [6.07, 6.45) is 3.33. The molecule has 10 heteroatoms. The summed E-state index contributed by atoms with van der Waals surface area (Å²) in [6.45, 7) is 0.820. The second-order valence-electron chi connectivity index (χ2n) is 5.34. The normalized spacial score (nSPS) is 9.46. The molecule has 154 valence electrons. The zero-order chi connectivity index (χ0) is 18.6. The first-order valence-corrected chi connectivity index (χ1v) is 8.13. The Hall–Kier alpha value is -2.39. The molecule has 0 spiro atoms. The summed E-state index contributed by atoms with van der Waals surface area (Å²) in [5.74, 6) is 0.0266. The number of benzene rings is 1. The molecule has 0 radical (unpaired) electrons. The highest BCUT2D eigenvalue weighted by atomic mass is 35.5. The Morgan fingerprint density at radius 3 is 2.39 bits per heavy atom. The molecule has 1 aromatic heterocycles. The number of ether oxygens (including phenoxy) is 2. The van der Waals surface area contributed by atoms with E-state index in [2.05, 4.69) is 15.6 Å². The summed E-state index contributed by atoms with van der Waals surface area (Å²) in [5, 5.41) is 5.36. The molecule has 0 unspecified atom stereocenters. The van der Waals surface area contributed by atoms with Crippen molar-refractivity contribution in [2.24, 2.45) is 5.73 Å². The maximum atomic E-state index is 11.8. The third kappa shape index (κ3) is 10.1. The van der Waals surface area contributed by atoms with Crippen molar-refractivity contribution < 1.29 is 19.1 Å². The van der Waals surface area contributed by atoms with E-state index in [0.29, 0.717) is 31.1 Å². The number of hydrogen-bond acceptors (Lipinski definition) is 6. The van der Waals surface area contributed by atoms with Crippen LogP contribution < -0.4 is 21.1 Å². The van der Waals surface area contributed by atoms with Gasteiger partial charge in [-0.1, -0.05) is 6.07 Å². The topological polar surface area (TPSA) is 116 Å². The number of hydrogen-bond donors (Lipinski definition) is 3. The van der Waals surface area contributed by atoms with Gasteiger partial charge in [-0.3, -0.25) is 14.6 Å². The van der Waals surface area contributed by atoms with E-state index < -0.39 is 0 Å². The number of halogens is 2. The van der Waals surface area contributed by atoms with Crippen LogP contribution in [0.2, 0.25) is 0 Å². The third-order valence-corrected chi connectivity index (χ3v) is 3.20. The second kappa shape index (κ2) is 14.6. The molecule has 1 aromatic carbocycles. The minimum absolute atomic E-state index is 0. The first-order chi connectivity index (χ1) is 12.7. The Labute approximate surface area is 176 Å². The maximum absolute atomic E-state index is 11.8. The number of nitrogens with zero attached hydrogens (tertiary/aromatic N) is 1. The number of amides is 2. The van der Waals surface area contributed by atoms with Gasteiger partial charge in [-0.15, -0.1) is 24.8 Å². The first-order valence-electron chi connectivity index (χ1n) is 8.13. The zero-order valence-corrected chi connectivity index (χ0v) is 16.8. The number of carbonyl (C=O) groups excluding carboxylic acids is 2. The SMILES string of the molecule is Cl.Cl.NCCOc1ccc(NC(=O)COCC(=O)NCc2cccnc2)cc1. The lowest BCUT2D eigenvalue weighted by atomic mass is 10.3. The summed E-state index contributed by atoms with van der Waals surface area (Å²) in [5.41, 5.74) is 6.86. The summed E-state index contributed by atoms with van der Waals surface area (Å²) in [4.78, 5) is 27.4. The quantitative estimate of drug-likeness (QED) is 0.526. The van der Waals surface area contributed by atoms with Crippen LogP contribution in [-0.2, 0) is 20.9 Å². The number of anilines is 1. The van der Waals surface area contributed by atoms with Crippen molar-refractivity contribution in [3.8, 4) is 5.75 Å². The van der Waals surface area contributed by atoms with E-state index in [1.165, 1.54) is 0 Å². The van der Waals surface area contributed by atoms with Crippen LogP contribution in [0.15, 0.2) is 48.8 Å². The van der Waals surface area contributed by atoms with Gasteiger partial charge in [-0.25, -0.2) is 0 Å². The van der Waals surface area contributed by atoms with Crippen molar-refractivity contribution >= 4 is 42.3 Å². The van der Waals surface area contributed by atoms with Gasteiger partial charge in [0, 0.05) is 31.2 Å². The summed E-state index contributed by atoms with van der Waals surface area (Å²) in [6, 6.07) is 10.5. The molecule has 0 saturated carbocycles. The molecule has 2 amide bonds. The molecule has 0 saturated heterocycles. The predicted molar refractivity (Wildman–Crippen MR) is 111 cm³/mol. The van der Waals surface area contributed by atoms with Crippen LogP contribution >= 0.6 is 24.8 Å². The number of aromatic nitrogens is 1. The molecule has 28 heavy (non-hydrogen) atoms. The monoisotopic (exact) mass is 430 g/mol. The summed E-state index contributed by atoms with van der Waals surface area (Å²) >= 11 is 0. The average molecular weight is 431 g/mol. The molecule has 0 bridgehead atoms. The molecule has 4 N–H and O–H groups in total. The molecule has 2 rings (SSSR count). The van der Waals surface area contributed by atoms with Gasteiger partial charge >= 0.3 is 0 Å². The minimum Gasteiger partial charge on any atom is -0.492 e. The van der Waals surface area contributed by atoms with E-state index in [1.54, 1.807) is 42.7 Å². The Kier molecular flexibility index (Phi) is 13.4. The molecule has 0 atom stereocenters. The van der Waals surface area contributed by atoms with Crippen LogP contribution in [0.25, 0.3) is 0 Å². The van der Waals surface area contributed by atoms with Gasteiger partial charge in [-0.05, 0) is 35.9 Å². The Morgan fingerprint density at radius 2 is 1.75 bits per heavy atom. The van der Waals surface area contributed by atoms with Gasteiger partial charge in [-0.2, -0.15) is 0 Å². The van der Waals surface area contributed by atoms with Gasteiger partial charge < -0.3 is 25.8 Å². The molecular weight excluding hydrogens is 407 g/mol. The standard InChI is InChI=1S/C18H22N4O4.2ClH/c19-7-9-26-16-5-3-15(4-6-16)22-18(24)13-25-12-17(23)21-11-14-2-1-8-20-10-14;;/h1-6,8,10H,7,9,11-13,19H2,(H,21,23)(H,22,24);2*1H. The zero-order valence-electron chi connectivity index (χ0n) is 15.1. The van der Waals surface area contributed by atoms with E-state index >= 15 is 0 Å². The fourth-order valence-corrected chi connectivity index (χ4v) is 2.00. The second-order valence-corrected chi connectivity index (χ2v) is 5.34. The maximum Gasteiger partial charge on any atom is 0.250 e. The minimum atomic E-state index is -0.347. The van der Waals surface area contributed by atoms with Crippen molar-refractivity contribution in [1.82, 2.24) is 10.3 Å². The van der Waals surface area contributed by atoms with Crippen molar-refractivity contribution in [3.63, 3.8) is 0 Å². The fraction of sp³-hybridized carbons (Fsp3) is 0.278. The molecule has 8 nitrogen and oxygen atoms in total. The van der Waals surface area contributed by atoms with Crippen LogP contribution in [0.5, 0.6) is 5.75 Å². The smallest absolute Gasteiger partial charge is 0.250 e. The largest absolute Gasteiger partial charge is 0.492 e. The number of carbonyl (C=O) groups is 2. The molecule has 1 heterocycles. The van der Waals surface area contributed by atoms with Gasteiger partial charge in [0.1, 0.15) is 25.6 Å². The first kappa shape index (κ1) is 25.6. The third-order valence-electron chi connectivity index (χ3n) is 3.20. The lowest BCUT2D eigenvalue weighted by Gasteiger charge is -2.08. The molecule has 0 aliphatic heterocycles. The lowest BCUT2D eigenvalue weighted by Crippen LogP contribution is -2.29. The lowest BCUT2D eigenvalue weighted by molar-refractivity contribution is -0.128. The Morgan fingerprint density at radius 1 is 1.04 bits per heavy atom. The van der Waals surface area contributed by atoms with Crippen molar-refractivity contribution in [2.45, 2.75) is 6.54 Å². The van der Waals surface area contributed by atoms with E-state index in [1.807, 2.05) is 6.07 Å². The number of rotatable bonds is 10. The molecular formula is C18H24Cl2N4O4. The predicted octanol–water partition coefficient (Wildman–Crippen LogP) is 1.53. The highest BCUT2D eigenvalue weighted by molar-refractivity contribution is 5.92. The number of nitrogens with two attached hydrogens (primary N) is 1. The molecule has 2 aromatic rings. The molecule has 0 aliphatic carbocycles. The van der Waals surface area contributed by atoms with E-state index in [-0.39, 0.29) is 49.8 Å². The van der Waals surface area contributed by atoms with Crippen LogP contribution in [0.1, 0.15) is 5.56 Å². The molecule has 0 aliphatic rings. The fourth-order valence-electron chi connectivity index (χ4n) is 2.00. The van der Waals surface area contributed by atoms with E-state index in [9.17, 15) is 9.59 Å². The highest BCUT2D eigenvalue weighted by Gasteiger charge is 2.06. The van der Waals surface area contributed by atoms with Gasteiger partial charge in [0.25, 0.3) is 0 Å². The van der Waals surface area contributed by atoms with Crippen LogP contribution in [0.4, 0.5) is 5.69 Å². The molecule has 0 fully saturated rings. The Balaban J connectivity index is 0.00000364. The summed E-state index contributed by atoms with van der Waals surface area (Å²) in [7, 11) is 0. The van der Waals surface area contributed by atoms with Crippen LogP contribution in [0.3, 0.4) is 0 Å². The van der Waals surface area contributed by atoms with Crippen molar-refractivity contribution in [2.75, 3.05) is 31.7 Å². The van der Waals surface area contributed by atoms with E-state index in [0.717, 1.165) is 5.56 Å². The summed E-state index contributed by atoms with van der Waals surface area (Å²) < 4.78 is 10.5. The highest BCUT2D eigenvalue weighted by Crippen LogP contribution is 2.15. The average Bonchev–Trinajstić information content (AvgIpc) is 2.66. The van der Waals surface area contributed by atoms with Gasteiger partial charge in [0.2, 0.25) is 11.8 Å². The Bertz CT molecular complexity index is 702. The van der Waals surface area contributed by atoms with Crippen LogP contribution in [0, 0.1) is 0 Å². The van der Waals surface area contributed by atoms with Gasteiger partial charge in [0.15, 0.2) is 0 Å².